The molecule has 0 atom stereocenters. The van der Waals surface area contributed by atoms with Crippen LogP contribution in [-0.2, 0) is 0 Å². The van der Waals surface area contributed by atoms with Crippen molar-refractivity contribution in [3.05, 3.63) is 0 Å². The second-order valence-corrected chi connectivity index (χ2v) is 0.603. The van der Waals surface area contributed by atoms with E-state index in [1.165, 1.54) is 0 Å². The SMILES string of the molecule is [Na+].[O-]Cl.[O-][Cl+2]([O-])O. The molecule has 0 aromatic rings. The van der Waals surface area contributed by atoms with Crippen LogP contribution in [0.25, 0.3) is 0 Å². The van der Waals surface area contributed by atoms with Gasteiger partial charge in [-0.25, -0.2) is 11.9 Å². The van der Waals surface area contributed by atoms with E-state index in [9.17, 15) is 0 Å². The molecule has 0 radical (unpaired) electrons. The molecule has 40 valence electrons. The molecule has 0 aromatic heterocycles. The van der Waals surface area contributed by atoms with Gasteiger partial charge in [-0.2, -0.15) is 0 Å². The predicted octanol–water partition coefficient (Wildman–Crippen LogP) is -6.43. The Morgan fingerprint density at radius 3 is 1.29 bits per heavy atom. The average molecular weight is 159 g/mol. The molecule has 1 N–H and O–H groups in total. The van der Waals surface area contributed by atoms with Crippen molar-refractivity contribution in [1.29, 1.82) is 0 Å². The van der Waals surface area contributed by atoms with Gasteiger partial charge in [0.1, 0.15) is 0 Å². The fourth-order valence-electron chi connectivity index (χ4n) is 0. The van der Waals surface area contributed by atoms with Gasteiger partial charge in [0.05, 0.1) is 0 Å². The molecule has 0 unspecified atom stereocenters. The van der Waals surface area contributed by atoms with Gasteiger partial charge in [-0.3, -0.25) is 0 Å². The van der Waals surface area contributed by atoms with Crippen LogP contribution in [0, 0.1) is 10.8 Å². The van der Waals surface area contributed by atoms with Crippen LogP contribution in [-0.4, -0.2) is 4.66 Å². The van der Waals surface area contributed by atoms with Gasteiger partial charge in [-0.15, -0.1) is 0 Å². The molecule has 4 nitrogen and oxygen atoms in total. The van der Waals surface area contributed by atoms with Crippen molar-refractivity contribution in [2.24, 2.45) is 0 Å². The van der Waals surface area contributed by atoms with E-state index in [1.807, 2.05) is 0 Å². The normalized spacial score (nSPS) is 6.00. The Balaban J connectivity index is -0.0000000480. The van der Waals surface area contributed by atoms with Crippen molar-refractivity contribution in [1.82, 2.24) is 0 Å². The number of rotatable bonds is 0. The molecule has 0 rings (SSSR count). The third kappa shape index (κ3) is 108. The fourth-order valence-corrected chi connectivity index (χ4v) is 0. The Hall–Kier alpha value is 1.42. The molecule has 0 spiro atoms. The quantitative estimate of drug-likeness (QED) is 0.356. The van der Waals surface area contributed by atoms with Crippen LogP contribution in [0.4, 0.5) is 0 Å². The summed E-state index contributed by atoms with van der Waals surface area (Å²) in [6.07, 6.45) is 0. The van der Waals surface area contributed by atoms with Crippen LogP contribution < -0.4 is 43.5 Å². The predicted molar refractivity (Wildman–Crippen MR) is 8.07 cm³/mol. The smallest absolute Gasteiger partial charge is 0.769 e. The minimum Gasteiger partial charge on any atom is -0.769 e. The van der Waals surface area contributed by atoms with Crippen LogP contribution in [0.3, 0.4) is 0 Å². The maximum absolute atomic E-state index is 8.52. The van der Waals surface area contributed by atoms with Gasteiger partial charge < -0.3 is 14.0 Å². The average Bonchev–Trinajstić information content (AvgIpc) is 1.41. The van der Waals surface area contributed by atoms with Crippen molar-refractivity contribution in [3.8, 4) is 0 Å². The topological polar surface area (TPSA) is 89.4 Å². The molecule has 7 heteroatoms. The second-order valence-electron chi connectivity index (χ2n) is 0.201. The van der Waals surface area contributed by atoms with E-state index in [-0.39, 0.29) is 29.6 Å². The van der Waals surface area contributed by atoms with Gasteiger partial charge in [0.15, 0.2) is 0 Å². The maximum Gasteiger partial charge on any atom is 1.00 e. The first-order valence-electron chi connectivity index (χ1n) is 0.632. The van der Waals surface area contributed by atoms with E-state index in [1.54, 1.807) is 0 Å². The molecule has 0 saturated carbocycles. The fraction of sp³-hybridized carbons (Fsp3) is 0. The molecular weight excluding hydrogens is 158 g/mol. The summed E-state index contributed by atoms with van der Waals surface area (Å²) in [6.45, 7) is 0. The van der Waals surface area contributed by atoms with E-state index in [0.29, 0.717) is 0 Å². The first-order chi connectivity index (χ1) is 2.73. The van der Waals surface area contributed by atoms with Crippen LogP contribution in [0.1, 0.15) is 0 Å². The molecule has 0 fully saturated rings. The summed E-state index contributed by atoms with van der Waals surface area (Å²) in [5, 5.41) is 0. The van der Waals surface area contributed by atoms with Crippen molar-refractivity contribution in [2.75, 3.05) is 0 Å². The van der Waals surface area contributed by atoms with Gasteiger partial charge in [-0.05, 0) is 0 Å². The van der Waals surface area contributed by atoms with Crippen LogP contribution in [0.5, 0.6) is 0 Å². The third-order valence-corrected chi connectivity index (χ3v) is 0. The minimum atomic E-state index is -2.60. The van der Waals surface area contributed by atoms with E-state index in [0.717, 1.165) is 0 Å². The van der Waals surface area contributed by atoms with Crippen LogP contribution >= 0.6 is 11.9 Å². The summed E-state index contributed by atoms with van der Waals surface area (Å²) < 4.78 is 31.7. The van der Waals surface area contributed by atoms with Crippen molar-refractivity contribution in [2.45, 2.75) is 0 Å². The van der Waals surface area contributed by atoms with Gasteiger partial charge in [0, 0.05) is 4.66 Å². The summed E-state index contributed by atoms with van der Waals surface area (Å²) in [4.78, 5) is 0. The molecule has 7 heavy (non-hydrogen) atoms. The Morgan fingerprint density at radius 2 is 1.29 bits per heavy atom. The van der Waals surface area contributed by atoms with Crippen molar-refractivity contribution >= 4 is 11.9 Å². The summed E-state index contributed by atoms with van der Waals surface area (Å²) >= 11 is 3.39. The molecule has 0 bridgehead atoms. The van der Waals surface area contributed by atoms with Crippen molar-refractivity contribution in [3.63, 3.8) is 0 Å². The van der Waals surface area contributed by atoms with E-state index in [2.05, 4.69) is 11.9 Å². The Bertz CT molecular complexity index is 14.4. The number of hydrogen-bond donors (Lipinski definition) is 1. The van der Waals surface area contributed by atoms with Crippen molar-refractivity contribution < 1.29 is 59.0 Å². The van der Waals surface area contributed by atoms with Gasteiger partial charge in [0.2, 0.25) is 0 Å². The summed E-state index contributed by atoms with van der Waals surface area (Å²) in [7, 11) is -2.60. The maximum atomic E-state index is 8.52. The van der Waals surface area contributed by atoms with Gasteiger partial charge in [0.25, 0.3) is 10.8 Å². The Labute approximate surface area is 70.6 Å². The first kappa shape index (κ1) is 15.8. The number of hydrogen-bond acceptors (Lipinski definition) is 4. The molecule has 0 aliphatic carbocycles. The zero-order valence-corrected chi connectivity index (χ0v) is 6.94. The molecule has 0 heterocycles. The zero-order valence-electron chi connectivity index (χ0n) is 3.43. The molecular formula is HCl2NaO4. The van der Waals surface area contributed by atoms with E-state index in [4.69, 9.17) is 18.6 Å². The van der Waals surface area contributed by atoms with Crippen LogP contribution in [0.15, 0.2) is 0 Å². The Kier molecular flexibility index (Phi) is 35.3. The third-order valence-electron chi connectivity index (χ3n) is 0. The zero-order chi connectivity index (χ0) is 5.58. The minimum absolute atomic E-state index is 0. The monoisotopic (exact) mass is 158 g/mol. The van der Waals surface area contributed by atoms with Crippen LogP contribution in [0.2, 0.25) is 0 Å². The van der Waals surface area contributed by atoms with Gasteiger partial charge in [-0.1, -0.05) is 0 Å². The van der Waals surface area contributed by atoms with E-state index >= 15 is 0 Å². The molecule has 0 saturated heterocycles. The molecule has 0 aromatic carbocycles. The molecule has 0 aliphatic rings. The summed E-state index contributed by atoms with van der Waals surface area (Å²) in [6, 6.07) is 0. The van der Waals surface area contributed by atoms with E-state index < -0.39 is 10.8 Å². The second kappa shape index (κ2) is 15.7. The first-order valence-corrected chi connectivity index (χ1v) is 1.90. The Morgan fingerprint density at radius 1 is 1.29 bits per heavy atom. The summed E-state index contributed by atoms with van der Waals surface area (Å²) in [5.41, 5.74) is 0. The molecule has 0 aliphatic heterocycles. The number of halogens is 2. The largest absolute Gasteiger partial charge is 1.00 e. The standard InChI is InChI=1S/ClHO3.ClO.Na/c2-1(3)4;1-2;/h2H;;/q;-1;+1. The van der Waals surface area contributed by atoms with Gasteiger partial charge >= 0.3 is 29.6 Å². The molecule has 0 amide bonds. The summed E-state index contributed by atoms with van der Waals surface area (Å²) in [5.74, 6) is 0.